The average Bonchev–Trinajstić information content (AvgIpc) is 2.73. The van der Waals surface area contributed by atoms with Gasteiger partial charge in [0, 0.05) is 11.1 Å². The summed E-state index contributed by atoms with van der Waals surface area (Å²) in [5, 5.41) is 8.94. The molecule has 0 fully saturated rings. The van der Waals surface area contributed by atoms with Crippen molar-refractivity contribution in [1.82, 2.24) is 0 Å². The summed E-state index contributed by atoms with van der Waals surface area (Å²) in [7, 11) is 0. The van der Waals surface area contributed by atoms with Gasteiger partial charge in [-0.15, -0.1) is 0 Å². The summed E-state index contributed by atoms with van der Waals surface area (Å²) in [6.07, 6.45) is 4.31. The average molecular weight is 396 g/mol. The first-order valence-electron chi connectivity index (χ1n) is 9.81. The molecule has 3 heteroatoms. The standard InChI is InChI=1S/C27H24O3/c1-19(2)30-26-17-14-24(18-20(26)3)11-10-22-6-4-21(5-7-22)8-9-23-12-15-25(16-13-23)27(28)29/h4-7,10-19H,1-3H3,(H,28,29)/b11-10+. The first-order valence-corrected chi connectivity index (χ1v) is 9.81. The molecule has 0 aliphatic carbocycles. The molecule has 0 amide bonds. The summed E-state index contributed by atoms with van der Waals surface area (Å²) in [6, 6.07) is 20.7. The van der Waals surface area contributed by atoms with Crippen LogP contribution in [-0.4, -0.2) is 17.2 Å². The van der Waals surface area contributed by atoms with Gasteiger partial charge in [-0.05, 0) is 86.0 Å². The SMILES string of the molecule is Cc1cc(/C=C/c2ccc(C#Cc3ccc(C(=O)O)cc3)cc2)ccc1OC(C)C. The van der Waals surface area contributed by atoms with E-state index in [0.29, 0.717) is 0 Å². The molecular weight excluding hydrogens is 372 g/mol. The smallest absolute Gasteiger partial charge is 0.335 e. The van der Waals surface area contributed by atoms with Crippen molar-refractivity contribution in [2.45, 2.75) is 26.9 Å². The maximum atomic E-state index is 10.9. The second-order valence-corrected chi connectivity index (χ2v) is 7.28. The Hall–Kier alpha value is -3.77. The molecule has 3 nitrogen and oxygen atoms in total. The van der Waals surface area contributed by atoms with Crippen molar-refractivity contribution in [2.24, 2.45) is 0 Å². The van der Waals surface area contributed by atoms with E-state index in [4.69, 9.17) is 9.84 Å². The quantitative estimate of drug-likeness (QED) is 0.422. The first kappa shape index (κ1) is 21.0. The maximum Gasteiger partial charge on any atom is 0.335 e. The summed E-state index contributed by atoms with van der Waals surface area (Å²) < 4.78 is 5.78. The zero-order valence-electron chi connectivity index (χ0n) is 17.3. The molecule has 0 saturated carbocycles. The molecule has 0 spiro atoms. The van der Waals surface area contributed by atoms with Crippen LogP contribution in [0.3, 0.4) is 0 Å². The fraction of sp³-hybridized carbons (Fsp3) is 0.148. The fourth-order valence-corrected chi connectivity index (χ4v) is 2.87. The second-order valence-electron chi connectivity index (χ2n) is 7.28. The molecule has 0 aliphatic heterocycles. The van der Waals surface area contributed by atoms with Crippen molar-refractivity contribution >= 4 is 18.1 Å². The van der Waals surface area contributed by atoms with Crippen molar-refractivity contribution < 1.29 is 14.6 Å². The zero-order chi connectivity index (χ0) is 21.5. The minimum absolute atomic E-state index is 0.163. The number of aromatic carboxylic acids is 1. The van der Waals surface area contributed by atoms with Crippen LogP contribution in [0.5, 0.6) is 5.75 Å². The van der Waals surface area contributed by atoms with E-state index in [1.165, 1.54) is 0 Å². The Labute approximate surface area is 177 Å². The number of ether oxygens (including phenoxy) is 1. The van der Waals surface area contributed by atoms with Crippen LogP contribution in [0.25, 0.3) is 12.2 Å². The molecule has 3 aromatic rings. The van der Waals surface area contributed by atoms with Crippen molar-refractivity contribution in [3.8, 4) is 17.6 Å². The predicted molar refractivity (Wildman–Crippen MR) is 122 cm³/mol. The highest BCUT2D eigenvalue weighted by Gasteiger charge is 2.02. The highest BCUT2D eigenvalue weighted by atomic mass is 16.5. The van der Waals surface area contributed by atoms with E-state index in [-0.39, 0.29) is 11.7 Å². The largest absolute Gasteiger partial charge is 0.491 e. The van der Waals surface area contributed by atoms with Crippen molar-refractivity contribution in [3.63, 3.8) is 0 Å². The molecule has 1 N–H and O–H groups in total. The number of carboxylic acid groups (broad SMARTS) is 1. The van der Waals surface area contributed by atoms with Crippen LogP contribution < -0.4 is 4.74 Å². The van der Waals surface area contributed by atoms with E-state index in [0.717, 1.165) is 33.6 Å². The fourth-order valence-electron chi connectivity index (χ4n) is 2.87. The minimum atomic E-state index is -0.937. The monoisotopic (exact) mass is 396 g/mol. The molecule has 0 aliphatic rings. The van der Waals surface area contributed by atoms with E-state index in [1.54, 1.807) is 24.3 Å². The lowest BCUT2D eigenvalue weighted by atomic mass is 10.1. The normalized spacial score (nSPS) is 10.7. The third-order valence-electron chi connectivity index (χ3n) is 4.42. The maximum absolute atomic E-state index is 10.9. The Morgan fingerprint density at radius 2 is 1.40 bits per heavy atom. The van der Waals surface area contributed by atoms with Crippen LogP contribution in [0, 0.1) is 18.8 Å². The number of hydrogen-bond donors (Lipinski definition) is 1. The molecular formula is C27H24O3. The van der Waals surface area contributed by atoms with Gasteiger partial charge in [0.15, 0.2) is 0 Å². The number of aryl methyl sites for hydroxylation is 1. The number of benzene rings is 3. The molecule has 0 aromatic heterocycles. The van der Waals surface area contributed by atoms with E-state index in [1.807, 2.05) is 44.2 Å². The third-order valence-corrected chi connectivity index (χ3v) is 4.42. The molecule has 3 aromatic carbocycles. The van der Waals surface area contributed by atoms with E-state index in [2.05, 4.69) is 43.0 Å². The Bertz CT molecular complexity index is 1110. The second kappa shape index (κ2) is 9.62. The van der Waals surface area contributed by atoms with Gasteiger partial charge in [0.2, 0.25) is 0 Å². The van der Waals surface area contributed by atoms with Gasteiger partial charge < -0.3 is 9.84 Å². The lowest BCUT2D eigenvalue weighted by Gasteiger charge is -2.12. The summed E-state index contributed by atoms with van der Waals surface area (Å²) in [6.45, 7) is 6.10. The molecule has 0 radical (unpaired) electrons. The number of hydrogen-bond acceptors (Lipinski definition) is 2. The highest BCUT2D eigenvalue weighted by molar-refractivity contribution is 5.87. The van der Waals surface area contributed by atoms with Gasteiger partial charge in [-0.3, -0.25) is 0 Å². The summed E-state index contributed by atoms with van der Waals surface area (Å²) in [4.78, 5) is 10.9. The summed E-state index contributed by atoms with van der Waals surface area (Å²) in [5.74, 6) is 6.14. The number of carboxylic acids is 1. The van der Waals surface area contributed by atoms with Crippen LogP contribution in [0.1, 0.15) is 52.0 Å². The van der Waals surface area contributed by atoms with Gasteiger partial charge in [-0.25, -0.2) is 4.79 Å². The molecule has 3 rings (SSSR count). The van der Waals surface area contributed by atoms with Crippen LogP contribution in [0.2, 0.25) is 0 Å². The molecule has 0 bridgehead atoms. The van der Waals surface area contributed by atoms with Crippen LogP contribution in [0.4, 0.5) is 0 Å². The van der Waals surface area contributed by atoms with Gasteiger partial charge in [-0.2, -0.15) is 0 Å². The van der Waals surface area contributed by atoms with Gasteiger partial charge >= 0.3 is 5.97 Å². The molecule has 0 heterocycles. The number of carbonyl (C=O) groups is 1. The van der Waals surface area contributed by atoms with Gasteiger partial charge in [-0.1, -0.05) is 42.2 Å². The van der Waals surface area contributed by atoms with E-state index >= 15 is 0 Å². The zero-order valence-corrected chi connectivity index (χ0v) is 17.3. The van der Waals surface area contributed by atoms with Gasteiger partial charge in [0.05, 0.1) is 11.7 Å². The number of rotatable bonds is 5. The van der Waals surface area contributed by atoms with Crippen LogP contribution in [-0.2, 0) is 0 Å². The Morgan fingerprint density at radius 3 is 1.93 bits per heavy atom. The van der Waals surface area contributed by atoms with E-state index in [9.17, 15) is 4.79 Å². The molecule has 150 valence electrons. The Kier molecular flexibility index (Phi) is 6.72. The van der Waals surface area contributed by atoms with Crippen molar-refractivity contribution in [2.75, 3.05) is 0 Å². The topological polar surface area (TPSA) is 46.5 Å². The Balaban J connectivity index is 1.66. The van der Waals surface area contributed by atoms with Gasteiger partial charge in [0.1, 0.15) is 5.75 Å². The molecule has 0 unspecified atom stereocenters. The lowest BCUT2D eigenvalue weighted by molar-refractivity contribution is 0.0697. The highest BCUT2D eigenvalue weighted by Crippen LogP contribution is 2.21. The molecule has 0 saturated heterocycles. The van der Waals surface area contributed by atoms with E-state index < -0.39 is 5.97 Å². The predicted octanol–water partition coefficient (Wildman–Crippen LogP) is 6.05. The van der Waals surface area contributed by atoms with Crippen LogP contribution in [0.15, 0.2) is 66.7 Å². The summed E-state index contributed by atoms with van der Waals surface area (Å²) in [5.41, 5.74) is 5.27. The lowest BCUT2D eigenvalue weighted by Crippen LogP contribution is -2.06. The van der Waals surface area contributed by atoms with Crippen molar-refractivity contribution in [3.05, 3.63) is 100 Å². The minimum Gasteiger partial charge on any atom is -0.491 e. The molecule has 30 heavy (non-hydrogen) atoms. The van der Waals surface area contributed by atoms with Crippen LogP contribution >= 0.6 is 0 Å². The van der Waals surface area contributed by atoms with Crippen molar-refractivity contribution in [1.29, 1.82) is 0 Å². The Morgan fingerprint density at radius 1 is 0.867 bits per heavy atom. The molecule has 0 atom stereocenters. The van der Waals surface area contributed by atoms with Gasteiger partial charge in [0.25, 0.3) is 0 Å². The first-order chi connectivity index (χ1) is 14.4. The summed E-state index contributed by atoms with van der Waals surface area (Å²) >= 11 is 0. The third kappa shape index (κ3) is 5.86.